The van der Waals surface area contributed by atoms with Gasteiger partial charge in [-0.25, -0.2) is 4.39 Å². The molecule has 0 N–H and O–H groups in total. The van der Waals surface area contributed by atoms with E-state index in [1.807, 2.05) is 6.07 Å². The van der Waals surface area contributed by atoms with Crippen molar-refractivity contribution in [1.29, 1.82) is 5.26 Å². The van der Waals surface area contributed by atoms with Crippen LogP contribution >= 0.6 is 0 Å². The summed E-state index contributed by atoms with van der Waals surface area (Å²) in [7, 11) is 3.52. The Kier molecular flexibility index (Phi) is 2.79. The summed E-state index contributed by atoms with van der Waals surface area (Å²) in [6.45, 7) is 0. The molecule has 2 rings (SSSR count). The van der Waals surface area contributed by atoms with Gasteiger partial charge in [0, 0.05) is 19.7 Å². The molecule has 2 aromatic rings. The van der Waals surface area contributed by atoms with Crippen molar-refractivity contribution in [3.05, 3.63) is 35.8 Å². The van der Waals surface area contributed by atoms with Crippen LogP contribution < -0.4 is 4.90 Å². The maximum atomic E-state index is 12.8. The molecular formula is C12H10FN3O. The number of nitrogens with zero attached hydrogens (tertiary/aromatic N) is 3. The van der Waals surface area contributed by atoms with Gasteiger partial charge in [-0.1, -0.05) is 0 Å². The van der Waals surface area contributed by atoms with Gasteiger partial charge >= 0.3 is 0 Å². The van der Waals surface area contributed by atoms with Crippen LogP contribution in [-0.4, -0.2) is 19.1 Å². The number of hydrogen-bond donors (Lipinski definition) is 0. The molecule has 1 aromatic heterocycles. The van der Waals surface area contributed by atoms with E-state index in [0.29, 0.717) is 17.3 Å². The largest absolute Gasteiger partial charge is 0.419 e. The standard InChI is InChI=1S/C12H10FN3O/c1-16(2)12-10(7-14)15-11(17-12)8-3-5-9(13)6-4-8/h3-6H,1-2H3. The minimum absolute atomic E-state index is 0.217. The molecule has 0 atom stereocenters. The van der Waals surface area contributed by atoms with Gasteiger partial charge < -0.3 is 9.32 Å². The van der Waals surface area contributed by atoms with Crippen LogP contribution in [0.1, 0.15) is 5.69 Å². The SMILES string of the molecule is CN(C)c1oc(-c2ccc(F)cc2)nc1C#N. The molecule has 0 saturated carbocycles. The lowest BCUT2D eigenvalue weighted by atomic mass is 10.2. The third-order valence-corrected chi connectivity index (χ3v) is 2.21. The van der Waals surface area contributed by atoms with Gasteiger partial charge in [0.1, 0.15) is 11.9 Å². The zero-order valence-electron chi connectivity index (χ0n) is 9.44. The molecule has 5 heteroatoms. The number of oxazole rings is 1. The van der Waals surface area contributed by atoms with Crippen LogP contribution in [0.4, 0.5) is 10.3 Å². The summed E-state index contributed by atoms with van der Waals surface area (Å²) in [6, 6.07) is 7.71. The van der Waals surface area contributed by atoms with Gasteiger partial charge in [-0.3, -0.25) is 0 Å². The van der Waals surface area contributed by atoms with Gasteiger partial charge in [0.05, 0.1) is 0 Å². The summed E-state index contributed by atoms with van der Waals surface area (Å²) in [5.74, 6) is 0.380. The monoisotopic (exact) mass is 231 g/mol. The van der Waals surface area contributed by atoms with Crippen molar-refractivity contribution in [3.63, 3.8) is 0 Å². The molecule has 0 unspecified atom stereocenters. The van der Waals surface area contributed by atoms with Crippen molar-refractivity contribution in [1.82, 2.24) is 4.98 Å². The Bertz CT molecular complexity index is 566. The average molecular weight is 231 g/mol. The zero-order valence-corrected chi connectivity index (χ0v) is 9.44. The average Bonchev–Trinajstić information content (AvgIpc) is 2.74. The Hall–Kier alpha value is -2.35. The molecule has 0 saturated heterocycles. The van der Waals surface area contributed by atoms with Crippen molar-refractivity contribution in [2.24, 2.45) is 0 Å². The topological polar surface area (TPSA) is 53.1 Å². The highest BCUT2D eigenvalue weighted by atomic mass is 19.1. The fourth-order valence-electron chi connectivity index (χ4n) is 1.40. The van der Waals surface area contributed by atoms with Crippen molar-refractivity contribution >= 4 is 5.88 Å². The first kappa shape index (κ1) is 11.1. The van der Waals surface area contributed by atoms with E-state index in [0.717, 1.165) is 0 Å². The minimum Gasteiger partial charge on any atom is -0.419 e. The first-order valence-electron chi connectivity index (χ1n) is 4.96. The molecule has 0 amide bonds. The number of hydrogen-bond acceptors (Lipinski definition) is 4. The van der Waals surface area contributed by atoms with E-state index in [4.69, 9.17) is 9.68 Å². The second kappa shape index (κ2) is 4.26. The molecule has 0 radical (unpaired) electrons. The molecule has 1 aromatic carbocycles. The fourth-order valence-corrected chi connectivity index (χ4v) is 1.40. The third kappa shape index (κ3) is 2.11. The Balaban J connectivity index is 2.47. The van der Waals surface area contributed by atoms with E-state index >= 15 is 0 Å². The number of halogens is 1. The Labute approximate surface area is 97.9 Å². The molecular weight excluding hydrogens is 221 g/mol. The van der Waals surface area contributed by atoms with Crippen LogP contribution in [0.3, 0.4) is 0 Å². The quantitative estimate of drug-likeness (QED) is 0.796. The van der Waals surface area contributed by atoms with Crippen LogP contribution in [0.5, 0.6) is 0 Å². The van der Waals surface area contributed by atoms with Crippen molar-refractivity contribution in [2.75, 3.05) is 19.0 Å². The summed E-state index contributed by atoms with van der Waals surface area (Å²) < 4.78 is 18.2. The van der Waals surface area contributed by atoms with Crippen LogP contribution in [-0.2, 0) is 0 Å². The Morgan fingerprint density at radius 3 is 2.41 bits per heavy atom. The Morgan fingerprint density at radius 2 is 1.94 bits per heavy atom. The summed E-state index contributed by atoms with van der Waals surface area (Å²) >= 11 is 0. The molecule has 0 aliphatic carbocycles. The zero-order chi connectivity index (χ0) is 12.4. The van der Waals surface area contributed by atoms with E-state index < -0.39 is 0 Å². The summed E-state index contributed by atoms with van der Waals surface area (Å²) in [5.41, 5.74) is 0.852. The lowest BCUT2D eigenvalue weighted by molar-refractivity contribution is 0.571. The molecule has 0 spiro atoms. The first-order valence-corrected chi connectivity index (χ1v) is 4.96. The van der Waals surface area contributed by atoms with Gasteiger partial charge in [0.2, 0.25) is 17.5 Å². The normalized spacial score (nSPS) is 10.0. The molecule has 0 aliphatic heterocycles. The first-order chi connectivity index (χ1) is 8.11. The smallest absolute Gasteiger partial charge is 0.234 e. The lowest BCUT2D eigenvalue weighted by Crippen LogP contribution is -2.08. The highest BCUT2D eigenvalue weighted by Crippen LogP contribution is 2.26. The van der Waals surface area contributed by atoms with Crippen molar-refractivity contribution in [2.45, 2.75) is 0 Å². The molecule has 0 fully saturated rings. The number of rotatable bonds is 2. The summed E-state index contributed by atoms with van der Waals surface area (Å²) in [6.07, 6.45) is 0. The van der Waals surface area contributed by atoms with Crippen molar-refractivity contribution < 1.29 is 8.81 Å². The van der Waals surface area contributed by atoms with Crippen molar-refractivity contribution in [3.8, 4) is 17.5 Å². The number of anilines is 1. The molecule has 1 heterocycles. The van der Waals surface area contributed by atoms with Gasteiger partial charge in [-0.05, 0) is 24.3 Å². The minimum atomic E-state index is -0.325. The van der Waals surface area contributed by atoms with Gasteiger partial charge in [-0.2, -0.15) is 10.2 Å². The van der Waals surface area contributed by atoms with Crippen LogP contribution in [0, 0.1) is 17.1 Å². The lowest BCUT2D eigenvalue weighted by Gasteiger charge is -2.06. The van der Waals surface area contributed by atoms with E-state index in [1.54, 1.807) is 31.1 Å². The summed E-state index contributed by atoms with van der Waals surface area (Å²) in [5, 5.41) is 8.91. The predicted molar refractivity (Wildman–Crippen MR) is 60.9 cm³/mol. The third-order valence-electron chi connectivity index (χ3n) is 2.21. The van der Waals surface area contributed by atoms with Crippen LogP contribution in [0.2, 0.25) is 0 Å². The van der Waals surface area contributed by atoms with E-state index in [9.17, 15) is 4.39 Å². The van der Waals surface area contributed by atoms with Gasteiger partial charge in [0.25, 0.3) is 0 Å². The van der Waals surface area contributed by atoms with Gasteiger partial charge in [-0.15, -0.1) is 0 Å². The van der Waals surface area contributed by atoms with E-state index in [-0.39, 0.29) is 11.5 Å². The Morgan fingerprint density at radius 1 is 1.29 bits per heavy atom. The number of aromatic nitrogens is 1. The number of nitriles is 1. The molecule has 86 valence electrons. The number of benzene rings is 1. The maximum Gasteiger partial charge on any atom is 0.234 e. The molecule has 0 aliphatic rings. The maximum absolute atomic E-state index is 12.8. The van der Waals surface area contributed by atoms with Crippen LogP contribution in [0.25, 0.3) is 11.5 Å². The van der Waals surface area contributed by atoms with Gasteiger partial charge in [0.15, 0.2) is 0 Å². The highest BCUT2D eigenvalue weighted by Gasteiger charge is 2.15. The summed E-state index contributed by atoms with van der Waals surface area (Å²) in [4.78, 5) is 5.72. The molecule has 17 heavy (non-hydrogen) atoms. The predicted octanol–water partition coefficient (Wildman–Crippen LogP) is 2.42. The molecule has 4 nitrogen and oxygen atoms in total. The second-order valence-electron chi connectivity index (χ2n) is 3.69. The van der Waals surface area contributed by atoms with E-state index in [2.05, 4.69) is 4.98 Å². The molecule has 0 bridgehead atoms. The highest BCUT2D eigenvalue weighted by molar-refractivity contribution is 5.59. The fraction of sp³-hybridized carbons (Fsp3) is 0.167. The van der Waals surface area contributed by atoms with E-state index in [1.165, 1.54) is 12.1 Å². The van der Waals surface area contributed by atoms with Crippen LogP contribution in [0.15, 0.2) is 28.7 Å². The second-order valence-corrected chi connectivity index (χ2v) is 3.69.